The van der Waals surface area contributed by atoms with E-state index >= 15 is 0 Å². The monoisotopic (exact) mass is 186 g/mol. The van der Waals surface area contributed by atoms with Crippen molar-refractivity contribution in [1.82, 2.24) is 10.6 Å². The third-order valence-corrected chi connectivity index (χ3v) is 2.58. The van der Waals surface area contributed by atoms with E-state index in [9.17, 15) is 0 Å². The summed E-state index contributed by atoms with van der Waals surface area (Å²) in [5, 5.41) is 6.82. The molecule has 80 valence electrons. The molecule has 2 heteroatoms. The van der Waals surface area contributed by atoms with Gasteiger partial charge in [0.1, 0.15) is 0 Å². The van der Waals surface area contributed by atoms with E-state index in [0.717, 1.165) is 13.1 Å². The molecule has 0 fully saturated rings. The van der Waals surface area contributed by atoms with E-state index in [0.29, 0.717) is 5.41 Å². The molecular weight excluding hydrogens is 160 g/mol. The lowest BCUT2D eigenvalue weighted by molar-refractivity contribution is 0.270. The highest BCUT2D eigenvalue weighted by molar-refractivity contribution is 4.81. The van der Waals surface area contributed by atoms with Gasteiger partial charge in [-0.25, -0.2) is 0 Å². The highest BCUT2D eigenvalue weighted by Gasteiger charge is 2.21. The van der Waals surface area contributed by atoms with Crippen molar-refractivity contribution in [3.05, 3.63) is 0 Å². The average molecular weight is 186 g/mol. The van der Waals surface area contributed by atoms with Crippen molar-refractivity contribution in [2.45, 2.75) is 46.6 Å². The van der Waals surface area contributed by atoms with Crippen molar-refractivity contribution >= 4 is 0 Å². The van der Waals surface area contributed by atoms with Crippen LogP contribution in [0.4, 0.5) is 0 Å². The number of hydrogen-bond donors (Lipinski definition) is 2. The lowest BCUT2D eigenvalue weighted by atomic mass is 9.91. The maximum atomic E-state index is 3.59. The van der Waals surface area contributed by atoms with Gasteiger partial charge in [0.25, 0.3) is 0 Å². The van der Waals surface area contributed by atoms with Gasteiger partial charge >= 0.3 is 0 Å². The van der Waals surface area contributed by atoms with Gasteiger partial charge < -0.3 is 10.6 Å². The second kappa shape index (κ2) is 4.97. The molecule has 0 aromatic heterocycles. The van der Waals surface area contributed by atoms with Gasteiger partial charge in [0.05, 0.1) is 0 Å². The molecule has 13 heavy (non-hydrogen) atoms. The fourth-order valence-electron chi connectivity index (χ4n) is 1.14. The van der Waals surface area contributed by atoms with Gasteiger partial charge in [-0.15, -0.1) is 0 Å². The van der Waals surface area contributed by atoms with Crippen molar-refractivity contribution in [3.63, 3.8) is 0 Å². The molecule has 0 unspecified atom stereocenters. The van der Waals surface area contributed by atoms with Gasteiger partial charge in [-0.05, 0) is 32.7 Å². The summed E-state index contributed by atoms with van der Waals surface area (Å²) in [7, 11) is 2.01. The van der Waals surface area contributed by atoms with E-state index in [1.54, 1.807) is 0 Å². The smallest absolute Gasteiger partial charge is 0.0122 e. The van der Waals surface area contributed by atoms with E-state index in [2.05, 4.69) is 45.3 Å². The zero-order chi connectivity index (χ0) is 10.5. The number of rotatable bonds is 6. The Morgan fingerprint density at radius 3 is 1.92 bits per heavy atom. The summed E-state index contributed by atoms with van der Waals surface area (Å²) in [5.41, 5.74) is 0.603. The van der Waals surface area contributed by atoms with Gasteiger partial charge in [0, 0.05) is 18.6 Å². The van der Waals surface area contributed by atoms with E-state index in [1.165, 1.54) is 6.42 Å². The van der Waals surface area contributed by atoms with Crippen molar-refractivity contribution in [3.8, 4) is 0 Å². The third kappa shape index (κ3) is 6.05. The Morgan fingerprint density at radius 2 is 1.54 bits per heavy atom. The van der Waals surface area contributed by atoms with Crippen LogP contribution in [0, 0.1) is 5.41 Å². The van der Waals surface area contributed by atoms with Gasteiger partial charge in [0.2, 0.25) is 0 Å². The molecular formula is C11H26N2. The van der Waals surface area contributed by atoms with Gasteiger partial charge in [-0.2, -0.15) is 0 Å². The Bertz CT molecular complexity index is 139. The summed E-state index contributed by atoms with van der Waals surface area (Å²) in [4.78, 5) is 0. The molecule has 0 radical (unpaired) electrons. The SMILES string of the molecule is CCC(C)(C)NCC(C)(C)CNC. The molecule has 0 aromatic carbocycles. The predicted molar refractivity (Wildman–Crippen MR) is 60.1 cm³/mol. The second-order valence-electron chi connectivity index (χ2n) is 5.29. The first kappa shape index (κ1) is 12.9. The molecule has 0 aliphatic carbocycles. The Balaban J connectivity index is 3.86. The summed E-state index contributed by atoms with van der Waals surface area (Å²) < 4.78 is 0. The molecule has 0 aromatic rings. The summed E-state index contributed by atoms with van der Waals surface area (Å²) in [6.07, 6.45) is 1.17. The standard InChI is InChI=1S/C11H26N2/c1-7-11(4,5)13-9-10(2,3)8-12-6/h12-13H,7-9H2,1-6H3. The Hall–Kier alpha value is -0.0800. The predicted octanol–water partition coefficient (Wildman–Crippen LogP) is 2.01. The molecule has 0 saturated heterocycles. The topological polar surface area (TPSA) is 24.1 Å². The van der Waals surface area contributed by atoms with Gasteiger partial charge in [-0.3, -0.25) is 0 Å². The van der Waals surface area contributed by atoms with E-state index in [4.69, 9.17) is 0 Å². The molecule has 0 atom stereocenters. The van der Waals surface area contributed by atoms with Gasteiger partial charge in [-0.1, -0.05) is 20.8 Å². The van der Waals surface area contributed by atoms with Crippen LogP contribution in [0.25, 0.3) is 0 Å². The molecule has 2 N–H and O–H groups in total. The first-order valence-corrected chi connectivity index (χ1v) is 5.22. The molecule has 0 spiro atoms. The van der Waals surface area contributed by atoms with Crippen LogP contribution in [0.5, 0.6) is 0 Å². The van der Waals surface area contributed by atoms with Crippen LogP contribution in [0.1, 0.15) is 41.0 Å². The van der Waals surface area contributed by atoms with Crippen molar-refractivity contribution in [2.75, 3.05) is 20.1 Å². The average Bonchev–Trinajstić information content (AvgIpc) is 2.02. The lowest BCUT2D eigenvalue weighted by Gasteiger charge is -2.32. The minimum absolute atomic E-state index is 0.269. The molecule has 0 aliphatic rings. The van der Waals surface area contributed by atoms with E-state index in [1.807, 2.05) is 7.05 Å². The molecule has 0 amide bonds. The molecule has 0 heterocycles. The van der Waals surface area contributed by atoms with Crippen molar-refractivity contribution in [1.29, 1.82) is 0 Å². The zero-order valence-electron chi connectivity index (χ0n) is 10.1. The summed E-state index contributed by atoms with van der Waals surface area (Å²) in [6, 6.07) is 0. The largest absolute Gasteiger partial charge is 0.319 e. The summed E-state index contributed by atoms with van der Waals surface area (Å²) in [6.45, 7) is 13.4. The van der Waals surface area contributed by atoms with E-state index < -0.39 is 0 Å². The maximum absolute atomic E-state index is 3.59. The Labute approximate surface area is 83.5 Å². The fourth-order valence-corrected chi connectivity index (χ4v) is 1.14. The van der Waals surface area contributed by atoms with Crippen molar-refractivity contribution in [2.24, 2.45) is 5.41 Å². The van der Waals surface area contributed by atoms with Crippen LogP contribution in [-0.4, -0.2) is 25.7 Å². The fraction of sp³-hybridized carbons (Fsp3) is 1.00. The van der Waals surface area contributed by atoms with Crippen LogP contribution in [0.2, 0.25) is 0 Å². The minimum Gasteiger partial charge on any atom is -0.319 e. The van der Waals surface area contributed by atoms with Crippen LogP contribution >= 0.6 is 0 Å². The van der Waals surface area contributed by atoms with Gasteiger partial charge in [0.15, 0.2) is 0 Å². The van der Waals surface area contributed by atoms with Crippen LogP contribution in [-0.2, 0) is 0 Å². The highest BCUT2D eigenvalue weighted by Crippen LogP contribution is 2.15. The Morgan fingerprint density at radius 1 is 1.00 bits per heavy atom. The van der Waals surface area contributed by atoms with E-state index in [-0.39, 0.29) is 5.54 Å². The highest BCUT2D eigenvalue weighted by atomic mass is 15.0. The normalized spacial score (nSPS) is 13.4. The lowest BCUT2D eigenvalue weighted by Crippen LogP contribution is -2.46. The number of nitrogens with one attached hydrogen (secondary N) is 2. The maximum Gasteiger partial charge on any atom is 0.0122 e. The Kier molecular flexibility index (Phi) is 4.93. The first-order valence-electron chi connectivity index (χ1n) is 5.22. The second-order valence-corrected chi connectivity index (χ2v) is 5.29. The van der Waals surface area contributed by atoms with Crippen LogP contribution in [0.3, 0.4) is 0 Å². The van der Waals surface area contributed by atoms with Crippen molar-refractivity contribution < 1.29 is 0 Å². The molecule has 0 aliphatic heterocycles. The molecule has 0 saturated carbocycles. The first-order chi connectivity index (χ1) is 5.83. The number of hydrogen-bond acceptors (Lipinski definition) is 2. The quantitative estimate of drug-likeness (QED) is 0.663. The summed E-state index contributed by atoms with van der Waals surface area (Å²) >= 11 is 0. The zero-order valence-corrected chi connectivity index (χ0v) is 10.1. The molecule has 0 rings (SSSR count). The van der Waals surface area contributed by atoms with Crippen LogP contribution < -0.4 is 10.6 Å². The van der Waals surface area contributed by atoms with Crippen LogP contribution in [0.15, 0.2) is 0 Å². The molecule has 0 bridgehead atoms. The molecule has 2 nitrogen and oxygen atoms in total. The minimum atomic E-state index is 0.269. The summed E-state index contributed by atoms with van der Waals surface area (Å²) in [5.74, 6) is 0. The third-order valence-electron chi connectivity index (χ3n) is 2.58.